The molecule has 1 aliphatic carbocycles. The van der Waals surface area contributed by atoms with Crippen molar-refractivity contribution in [3.05, 3.63) is 35.4 Å². The molecule has 2 amide bonds. The Balaban J connectivity index is 2.57. The van der Waals surface area contributed by atoms with E-state index in [1.165, 1.54) is 0 Å². The minimum atomic E-state index is -2.17. The third kappa shape index (κ3) is 4.72. The van der Waals surface area contributed by atoms with Crippen molar-refractivity contribution in [2.45, 2.75) is 64.7 Å². The fraction of sp³-hybridized carbons (Fsp3) is 0.524. The summed E-state index contributed by atoms with van der Waals surface area (Å²) in [4.78, 5) is 51.8. The number of Topliss-reactive ketones (excluding diaryl/α,β-unsaturated/α-hetero) is 1. The average molecular weight is 420 g/mol. The van der Waals surface area contributed by atoms with Crippen LogP contribution in [0.4, 0.5) is 9.59 Å². The second-order valence-corrected chi connectivity index (χ2v) is 8.94. The minimum Gasteiger partial charge on any atom is -0.467 e. The van der Waals surface area contributed by atoms with E-state index in [2.05, 4.69) is 5.43 Å². The van der Waals surface area contributed by atoms with Crippen LogP contribution in [-0.4, -0.2) is 52.8 Å². The lowest BCUT2D eigenvalue weighted by atomic mass is 9.93. The van der Waals surface area contributed by atoms with Gasteiger partial charge in [-0.15, -0.1) is 0 Å². The molecule has 1 N–H and O–H groups in total. The van der Waals surface area contributed by atoms with E-state index in [0.717, 1.165) is 7.11 Å². The van der Waals surface area contributed by atoms with Crippen LogP contribution in [0.2, 0.25) is 0 Å². The van der Waals surface area contributed by atoms with Gasteiger partial charge in [0, 0.05) is 12.0 Å². The molecule has 0 saturated heterocycles. The first-order valence-electron chi connectivity index (χ1n) is 9.45. The van der Waals surface area contributed by atoms with E-state index in [0.29, 0.717) is 10.6 Å². The van der Waals surface area contributed by atoms with Crippen LogP contribution >= 0.6 is 0 Å². The number of ketones is 1. The van der Waals surface area contributed by atoms with E-state index in [4.69, 9.17) is 14.2 Å². The van der Waals surface area contributed by atoms with Crippen LogP contribution in [0.15, 0.2) is 24.3 Å². The largest absolute Gasteiger partial charge is 0.467 e. The minimum absolute atomic E-state index is 0.191. The number of esters is 1. The van der Waals surface area contributed by atoms with E-state index in [1.54, 1.807) is 65.8 Å². The van der Waals surface area contributed by atoms with Gasteiger partial charge in [0.15, 0.2) is 0 Å². The van der Waals surface area contributed by atoms with Gasteiger partial charge in [-0.1, -0.05) is 24.3 Å². The molecular formula is C21H28N2O7. The fourth-order valence-electron chi connectivity index (χ4n) is 3.08. The number of nitrogens with zero attached hydrogens (tertiary/aromatic N) is 1. The molecular weight excluding hydrogens is 392 g/mol. The van der Waals surface area contributed by atoms with Crippen LogP contribution in [0.1, 0.15) is 57.5 Å². The number of carbonyl (C=O) groups excluding carboxylic acids is 4. The average Bonchev–Trinajstić information content (AvgIpc) is 2.90. The summed E-state index contributed by atoms with van der Waals surface area (Å²) in [5.41, 5.74) is -0.993. The lowest BCUT2D eigenvalue weighted by Gasteiger charge is -2.37. The smallest absolute Gasteiger partial charge is 0.430 e. The van der Waals surface area contributed by atoms with Crippen molar-refractivity contribution in [3.8, 4) is 0 Å². The first kappa shape index (κ1) is 23.2. The number of carbonyl (C=O) groups is 4. The van der Waals surface area contributed by atoms with Gasteiger partial charge in [-0.25, -0.2) is 19.8 Å². The number of hydrazine groups is 1. The van der Waals surface area contributed by atoms with Gasteiger partial charge in [-0.3, -0.25) is 4.79 Å². The van der Waals surface area contributed by atoms with Crippen molar-refractivity contribution in [2.75, 3.05) is 7.11 Å². The lowest BCUT2D eigenvalue weighted by Crippen LogP contribution is -2.68. The van der Waals surface area contributed by atoms with Gasteiger partial charge in [-0.2, -0.15) is 5.01 Å². The van der Waals surface area contributed by atoms with Crippen molar-refractivity contribution < 1.29 is 33.4 Å². The Bertz CT molecular complexity index is 867. The van der Waals surface area contributed by atoms with Crippen LogP contribution < -0.4 is 5.43 Å². The third-order valence-electron chi connectivity index (χ3n) is 4.17. The number of methoxy groups -OCH3 is 1. The maximum absolute atomic E-state index is 13.4. The fourth-order valence-corrected chi connectivity index (χ4v) is 3.08. The van der Waals surface area contributed by atoms with E-state index in [1.807, 2.05) is 0 Å². The molecule has 0 aliphatic heterocycles. The Morgan fingerprint density at radius 3 is 2.07 bits per heavy atom. The Kier molecular flexibility index (Phi) is 6.15. The SMILES string of the molecule is COC(=O)[C@]1(N(NC(=O)OC(C)(C)C)C(=O)OC(C)(C)C)Cc2ccccc2C1=O. The summed E-state index contributed by atoms with van der Waals surface area (Å²) < 4.78 is 15.5. The Labute approximate surface area is 175 Å². The van der Waals surface area contributed by atoms with Gasteiger partial charge in [0.1, 0.15) is 11.2 Å². The molecule has 1 aromatic carbocycles. The molecule has 9 nitrogen and oxygen atoms in total. The molecule has 30 heavy (non-hydrogen) atoms. The molecule has 0 saturated carbocycles. The van der Waals surface area contributed by atoms with E-state index < -0.39 is 40.7 Å². The van der Waals surface area contributed by atoms with Crippen molar-refractivity contribution in [1.82, 2.24) is 10.4 Å². The normalized spacial score (nSPS) is 18.3. The molecule has 1 atom stereocenters. The molecule has 9 heteroatoms. The molecule has 0 fully saturated rings. The molecule has 0 unspecified atom stereocenters. The van der Waals surface area contributed by atoms with Crippen molar-refractivity contribution in [2.24, 2.45) is 0 Å². The number of amides is 2. The number of hydrogen-bond acceptors (Lipinski definition) is 7. The first-order valence-corrected chi connectivity index (χ1v) is 9.45. The summed E-state index contributed by atoms with van der Waals surface area (Å²) in [5.74, 6) is -1.70. The quantitative estimate of drug-likeness (QED) is 0.339. The Morgan fingerprint density at radius 1 is 1.00 bits per heavy atom. The van der Waals surface area contributed by atoms with Crippen LogP contribution in [-0.2, 0) is 25.4 Å². The molecule has 0 spiro atoms. The molecule has 1 aliphatic rings. The summed E-state index contributed by atoms with van der Waals surface area (Å²) in [6.07, 6.45) is -2.32. The number of benzene rings is 1. The molecule has 0 bridgehead atoms. The van der Waals surface area contributed by atoms with Crippen LogP contribution in [0, 0.1) is 0 Å². The number of rotatable bonds is 2. The first-order chi connectivity index (χ1) is 13.7. The second-order valence-electron chi connectivity index (χ2n) is 8.94. The summed E-state index contributed by atoms with van der Waals surface area (Å²) in [7, 11) is 1.10. The Hall–Kier alpha value is -3.10. The third-order valence-corrected chi connectivity index (χ3v) is 4.17. The number of fused-ring (bicyclic) bond motifs is 1. The molecule has 0 radical (unpaired) electrons. The molecule has 0 aromatic heterocycles. The van der Waals surface area contributed by atoms with Crippen LogP contribution in [0.5, 0.6) is 0 Å². The highest BCUT2D eigenvalue weighted by Crippen LogP contribution is 2.36. The standard InChI is InChI=1S/C21H28N2O7/c1-19(2,3)29-17(26)22-23(18(27)30-20(4,5)6)21(16(25)28-7)12-13-10-8-9-11-14(13)15(21)24/h8-11H,12H2,1-7H3,(H,22,26)/t21-/m0/s1. The van der Waals surface area contributed by atoms with Gasteiger partial charge >= 0.3 is 18.2 Å². The van der Waals surface area contributed by atoms with Gasteiger partial charge in [0.25, 0.3) is 0 Å². The van der Waals surface area contributed by atoms with Crippen LogP contribution in [0.3, 0.4) is 0 Å². The molecule has 0 heterocycles. The monoisotopic (exact) mass is 420 g/mol. The summed E-state index contributed by atoms with van der Waals surface area (Å²) >= 11 is 0. The summed E-state index contributed by atoms with van der Waals surface area (Å²) in [5, 5.41) is 0.584. The summed E-state index contributed by atoms with van der Waals surface area (Å²) in [6.45, 7) is 9.76. The number of hydrogen-bond donors (Lipinski definition) is 1. The maximum Gasteiger partial charge on any atom is 0.430 e. The zero-order valence-corrected chi connectivity index (χ0v) is 18.3. The number of ether oxygens (including phenoxy) is 3. The van der Waals surface area contributed by atoms with Gasteiger partial charge in [0.2, 0.25) is 11.3 Å². The van der Waals surface area contributed by atoms with E-state index >= 15 is 0 Å². The van der Waals surface area contributed by atoms with Crippen molar-refractivity contribution >= 4 is 23.9 Å². The highest BCUT2D eigenvalue weighted by atomic mass is 16.6. The zero-order chi connectivity index (χ0) is 22.9. The number of nitrogens with one attached hydrogen (secondary N) is 1. The molecule has 1 aromatic rings. The predicted octanol–water partition coefficient (Wildman–Crippen LogP) is 3.01. The topological polar surface area (TPSA) is 111 Å². The van der Waals surface area contributed by atoms with E-state index in [-0.39, 0.29) is 12.0 Å². The maximum atomic E-state index is 13.4. The molecule has 2 rings (SSSR count). The van der Waals surface area contributed by atoms with Gasteiger partial charge < -0.3 is 14.2 Å². The Morgan fingerprint density at radius 2 is 1.57 bits per heavy atom. The van der Waals surface area contributed by atoms with Gasteiger partial charge in [0.05, 0.1) is 7.11 Å². The zero-order valence-electron chi connectivity index (χ0n) is 18.3. The lowest BCUT2D eigenvalue weighted by molar-refractivity contribution is -0.153. The predicted molar refractivity (Wildman–Crippen MR) is 107 cm³/mol. The van der Waals surface area contributed by atoms with Crippen molar-refractivity contribution in [1.29, 1.82) is 0 Å². The highest BCUT2D eigenvalue weighted by molar-refractivity contribution is 6.21. The van der Waals surface area contributed by atoms with E-state index in [9.17, 15) is 19.2 Å². The molecule has 164 valence electrons. The van der Waals surface area contributed by atoms with Crippen molar-refractivity contribution in [3.63, 3.8) is 0 Å². The van der Waals surface area contributed by atoms with Gasteiger partial charge in [-0.05, 0) is 47.1 Å². The van der Waals surface area contributed by atoms with Crippen LogP contribution in [0.25, 0.3) is 0 Å². The second kappa shape index (κ2) is 7.97. The highest BCUT2D eigenvalue weighted by Gasteiger charge is 2.60. The summed E-state index contributed by atoms with van der Waals surface area (Å²) in [6, 6.07) is 6.56.